The Bertz CT molecular complexity index is 1800. The van der Waals surface area contributed by atoms with Gasteiger partial charge in [-0.15, -0.1) is 11.3 Å². The topological polar surface area (TPSA) is 102 Å². The van der Waals surface area contributed by atoms with Gasteiger partial charge in [0.05, 0.1) is 36.6 Å². The average molecular weight is 781 g/mol. The number of aromatic nitrogens is 3. The molecule has 2 aromatic heterocycles. The lowest BCUT2D eigenvalue weighted by Gasteiger charge is -2.07. The van der Waals surface area contributed by atoms with Crippen LogP contribution in [0.25, 0.3) is 15.9 Å². The van der Waals surface area contributed by atoms with Crippen molar-refractivity contribution in [2.24, 2.45) is 12.0 Å². The van der Waals surface area contributed by atoms with E-state index >= 15 is 0 Å². The number of carbonyl (C=O) groups is 1. The minimum atomic E-state index is -0.277. The smallest absolute Gasteiger partial charge is 0.295 e. The molecule has 5 rings (SSSR count). The van der Waals surface area contributed by atoms with Crippen molar-refractivity contribution in [2.45, 2.75) is 11.3 Å². The molecule has 0 saturated carbocycles. The van der Waals surface area contributed by atoms with E-state index < -0.39 is 0 Å². The number of nitrogens with one attached hydrogen (secondary N) is 1. The van der Waals surface area contributed by atoms with Gasteiger partial charge in [-0.3, -0.25) is 19.3 Å². The Hall–Kier alpha value is -2.69. The summed E-state index contributed by atoms with van der Waals surface area (Å²) >= 11 is 7.10. The number of carbonyl (C=O) groups excluding carboxylic acids is 1. The van der Waals surface area contributed by atoms with Crippen molar-refractivity contribution >= 4 is 102 Å². The second kappa shape index (κ2) is 11.8. The van der Waals surface area contributed by atoms with Gasteiger partial charge in [-0.1, -0.05) is 30.0 Å². The Morgan fingerprint density at radius 3 is 2.72 bits per heavy atom. The fourth-order valence-electron chi connectivity index (χ4n) is 3.88. The first kappa shape index (κ1) is 27.9. The lowest BCUT2D eigenvalue weighted by atomic mass is 10.2. The number of phenolic OH excluding ortho intramolecular Hbond substituents is 1. The molecule has 198 valence electrons. The highest BCUT2D eigenvalue weighted by Crippen LogP contribution is 2.32. The normalized spacial score (nSPS) is 11.5. The number of hydrogen-bond acceptors (Lipinski definition) is 7. The van der Waals surface area contributed by atoms with E-state index in [0.29, 0.717) is 11.3 Å². The number of amides is 1. The van der Waals surface area contributed by atoms with E-state index in [4.69, 9.17) is 0 Å². The summed E-state index contributed by atoms with van der Waals surface area (Å²) in [6, 6.07) is 18.8. The van der Waals surface area contributed by atoms with E-state index in [0.717, 1.165) is 33.1 Å². The number of thiazole rings is 1. The molecule has 0 unspecified atom stereocenters. The molecule has 0 atom stereocenters. The molecule has 0 spiro atoms. The Morgan fingerprint density at radius 2 is 1.95 bits per heavy atom. The highest BCUT2D eigenvalue weighted by atomic mass is 127. The third kappa shape index (κ3) is 6.07. The van der Waals surface area contributed by atoms with Crippen molar-refractivity contribution in [3.05, 3.63) is 89.4 Å². The number of benzene rings is 3. The van der Waals surface area contributed by atoms with Gasteiger partial charge in [0, 0.05) is 22.4 Å². The van der Waals surface area contributed by atoms with Gasteiger partial charge in [-0.05, 0) is 94.6 Å². The van der Waals surface area contributed by atoms with Gasteiger partial charge in [0.15, 0.2) is 4.34 Å². The number of aromatic hydroxyl groups is 1. The van der Waals surface area contributed by atoms with Gasteiger partial charge in [0.1, 0.15) is 11.4 Å². The first-order chi connectivity index (χ1) is 18.7. The fourth-order valence-corrected chi connectivity index (χ4v) is 7.67. The molecule has 12 heteroatoms. The van der Waals surface area contributed by atoms with Crippen LogP contribution < -0.4 is 10.9 Å². The second-order valence-electron chi connectivity index (χ2n) is 8.49. The van der Waals surface area contributed by atoms with Crippen molar-refractivity contribution in [3.8, 4) is 11.4 Å². The summed E-state index contributed by atoms with van der Waals surface area (Å²) in [5.74, 6) is 0.0527. The summed E-state index contributed by atoms with van der Waals surface area (Å²) in [5, 5.41) is 13.1. The summed E-state index contributed by atoms with van der Waals surface area (Å²) in [6.45, 7) is 1.80. The molecule has 2 N–H and O–H groups in total. The monoisotopic (exact) mass is 781 g/mol. The third-order valence-electron chi connectivity index (χ3n) is 5.91. The number of para-hydroxylation sites is 1. The molecule has 0 radical (unpaired) electrons. The van der Waals surface area contributed by atoms with Crippen LogP contribution in [0, 0.1) is 14.1 Å². The summed E-state index contributed by atoms with van der Waals surface area (Å²) in [7, 11) is 1.79. The number of fused-ring (bicyclic) bond motifs is 1. The standard InChI is InChI=1S/C27H21I2N5O3S2/c1-15-24(26(37)34(33(15)2)19-6-4-3-5-7-19)32-23(35)14-38-27-31-21-9-8-18(12-22(21)39-27)30-13-16-10-17(28)11-20(29)25(16)36/h3-13,36H,14H2,1-2H3,(H,32,35). The zero-order valence-corrected chi connectivity index (χ0v) is 26.6. The molecule has 0 aliphatic heterocycles. The lowest BCUT2D eigenvalue weighted by molar-refractivity contribution is -0.113. The van der Waals surface area contributed by atoms with Crippen LogP contribution in [0.1, 0.15) is 11.3 Å². The molecule has 1 amide bonds. The maximum atomic E-state index is 13.1. The molecule has 8 nitrogen and oxygen atoms in total. The number of hydrogen-bond donors (Lipinski definition) is 2. The molecule has 0 bridgehead atoms. The Kier molecular flexibility index (Phi) is 8.44. The van der Waals surface area contributed by atoms with Crippen LogP contribution in [-0.4, -0.2) is 37.3 Å². The minimum absolute atomic E-state index is 0.120. The number of halogens is 2. The number of thioether (sulfide) groups is 1. The molecule has 0 aliphatic carbocycles. The number of anilines is 1. The van der Waals surface area contributed by atoms with E-state index in [-0.39, 0.29) is 28.7 Å². The van der Waals surface area contributed by atoms with Gasteiger partial charge in [0.25, 0.3) is 5.56 Å². The maximum absolute atomic E-state index is 13.1. The van der Waals surface area contributed by atoms with Gasteiger partial charge in [-0.25, -0.2) is 9.67 Å². The van der Waals surface area contributed by atoms with Crippen molar-refractivity contribution in [1.82, 2.24) is 14.3 Å². The van der Waals surface area contributed by atoms with E-state index in [1.807, 2.05) is 60.7 Å². The molecular formula is C27H21I2N5O3S2. The maximum Gasteiger partial charge on any atom is 0.295 e. The first-order valence-corrected chi connectivity index (χ1v) is 15.6. The van der Waals surface area contributed by atoms with Gasteiger partial charge < -0.3 is 10.4 Å². The van der Waals surface area contributed by atoms with Gasteiger partial charge >= 0.3 is 0 Å². The second-order valence-corrected chi connectivity index (χ2v) is 13.1. The van der Waals surface area contributed by atoms with Crippen molar-refractivity contribution < 1.29 is 9.90 Å². The summed E-state index contributed by atoms with van der Waals surface area (Å²) in [6.07, 6.45) is 1.65. The van der Waals surface area contributed by atoms with E-state index in [9.17, 15) is 14.7 Å². The Labute approximate surface area is 259 Å². The van der Waals surface area contributed by atoms with Crippen LogP contribution in [0.15, 0.2) is 74.8 Å². The molecule has 2 heterocycles. The van der Waals surface area contributed by atoms with Crippen LogP contribution >= 0.6 is 68.3 Å². The van der Waals surface area contributed by atoms with Crippen molar-refractivity contribution in [1.29, 1.82) is 0 Å². The zero-order chi connectivity index (χ0) is 27.7. The number of rotatable bonds is 7. The largest absolute Gasteiger partial charge is 0.506 e. The molecule has 0 fully saturated rings. The predicted octanol–water partition coefficient (Wildman–Crippen LogP) is 6.49. The Morgan fingerprint density at radius 1 is 1.18 bits per heavy atom. The van der Waals surface area contributed by atoms with Crippen molar-refractivity contribution in [3.63, 3.8) is 0 Å². The fraction of sp³-hybridized carbons (Fsp3) is 0.111. The number of aliphatic imine (C=N–C) groups is 1. The molecular weight excluding hydrogens is 760 g/mol. The highest BCUT2D eigenvalue weighted by molar-refractivity contribution is 14.1. The van der Waals surface area contributed by atoms with Crippen LogP contribution in [0.3, 0.4) is 0 Å². The molecule has 39 heavy (non-hydrogen) atoms. The molecule has 3 aromatic carbocycles. The average Bonchev–Trinajstić information content (AvgIpc) is 3.42. The van der Waals surface area contributed by atoms with Gasteiger partial charge in [0.2, 0.25) is 5.91 Å². The summed E-state index contributed by atoms with van der Waals surface area (Å²) in [5.41, 5.74) is 3.60. The zero-order valence-electron chi connectivity index (χ0n) is 20.7. The van der Waals surface area contributed by atoms with Gasteiger partial charge in [-0.2, -0.15) is 0 Å². The first-order valence-electron chi connectivity index (χ1n) is 11.6. The van der Waals surface area contributed by atoms with E-state index in [1.54, 1.807) is 24.9 Å². The predicted molar refractivity (Wildman–Crippen MR) is 176 cm³/mol. The molecule has 0 aliphatic rings. The summed E-state index contributed by atoms with van der Waals surface area (Å²) in [4.78, 5) is 35.0. The third-order valence-corrected chi connectivity index (χ3v) is 9.51. The lowest BCUT2D eigenvalue weighted by Crippen LogP contribution is -2.23. The van der Waals surface area contributed by atoms with E-state index in [1.165, 1.54) is 27.8 Å². The van der Waals surface area contributed by atoms with Crippen LogP contribution in [0.4, 0.5) is 11.4 Å². The summed E-state index contributed by atoms with van der Waals surface area (Å²) < 4.78 is 6.75. The number of phenols is 1. The Balaban J connectivity index is 1.27. The number of nitrogens with zero attached hydrogens (tertiary/aromatic N) is 4. The van der Waals surface area contributed by atoms with Crippen LogP contribution in [-0.2, 0) is 11.8 Å². The van der Waals surface area contributed by atoms with Crippen LogP contribution in [0.2, 0.25) is 0 Å². The quantitative estimate of drug-likeness (QED) is 0.112. The van der Waals surface area contributed by atoms with Crippen molar-refractivity contribution in [2.75, 3.05) is 11.1 Å². The highest BCUT2D eigenvalue weighted by Gasteiger charge is 2.18. The minimum Gasteiger partial charge on any atom is -0.506 e. The molecule has 0 saturated heterocycles. The van der Waals surface area contributed by atoms with E-state index in [2.05, 4.69) is 60.5 Å². The van der Waals surface area contributed by atoms with Crippen LogP contribution in [0.5, 0.6) is 5.75 Å². The molecule has 5 aromatic rings. The SMILES string of the molecule is Cc1c(NC(=O)CSc2nc3ccc(N=Cc4cc(I)cc(I)c4O)cc3s2)c(=O)n(-c2ccccc2)n1C.